The third-order valence-electron chi connectivity index (χ3n) is 5.95. The van der Waals surface area contributed by atoms with E-state index in [2.05, 4.69) is 15.0 Å². The van der Waals surface area contributed by atoms with Crippen LogP contribution in [0.2, 0.25) is 0 Å². The van der Waals surface area contributed by atoms with Gasteiger partial charge in [0.1, 0.15) is 12.4 Å². The number of benzene rings is 3. The largest absolute Gasteiger partial charge is 0.573 e. The van der Waals surface area contributed by atoms with Gasteiger partial charge in [-0.25, -0.2) is 0 Å². The van der Waals surface area contributed by atoms with Crippen molar-refractivity contribution in [1.29, 1.82) is 0 Å². The number of aliphatic carboxylic acids is 1. The summed E-state index contributed by atoms with van der Waals surface area (Å²) in [6.07, 6.45) is -4.25. The molecule has 11 heteroatoms. The second-order valence-electron chi connectivity index (χ2n) is 8.71. The van der Waals surface area contributed by atoms with Crippen molar-refractivity contribution in [3.63, 3.8) is 0 Å². The third kappa shape index (κ3) is 7.97. The van der Waals surface area contributed by atoms with Gasteiger partial charge in [0.05, 0.1) is 18.2 Å². The Labute approximate surface area is 222 Å². The van der Waals surface area contributed by atoms with Crippen LogP contribution in [0.25, 0.3) is 0 Å². The van der Waals surface area contributed by atoms with Crippen LogP contribution < -0.4 is 10.1 Å². The zero-order chi connectivity index (χ0) is 27.8. The van der Waals surface area contributed by atoms with E-state index in [1.165, 1.54) is 24.3 Å². The minimum absolute atomic E-state index is 0.0305. The number of nitrogens with zero attached hydrogens (tertiary/aromatic N) is 2. The van der Waals surface area contributed by atoms with Crippen molar-refractivity contribution < 1.29 is 37.3 Å². The number of carboxylic acids is 1. The Kier molecular flexibility index (Phi) is 8.70. The molecule has 4 rings (SSSR count). The monoisotopic (exact) mass is 541 g/mol. The Morgan fingerprint density at radius 2 is 1.72 bits per heavy atom. The summed E-state index contributed by atoms with van der Waals surface area (Å²) in [4.78, 5) is 29.5. The Morgan fingerprint density at radius 1 is 1.03 bits per heavy atom. The second kappa shape index (κ2) is 12.3. The lowest BCUT2D eigenvalue weighted by molar-refractivity contribution is -0.274. The standard InChI is InChI=1S/C28H26F3N3O5/c29-28(30,31)39-23-12-10-22(11-13-23)33-27-34(17-15-19-4-2-1-3-5-19)24(18-38-27)20-6-8-21(9-7-20)26(37)32-16-14-25(35)36/h1-13,24H,14-18H2,(H,32,37)(H,35,36)/b33-27-. The quantitative estimate of drug-likeness (QED) is 0.371. The van der Waals surface area contributed by atoms with Crippen molar-refractivity contribution >= 4 is 23.6 Å². The minimum atomic E-state index is -4.78. The minimum Gasteiger partial charge on any atom is -0.481 e. The molecule has 1 unspecified atom stereocenters. The zero-order valence-corrected chi connectivity index (χ0v) is 20.7. The first-order chi connectivity index (χ1) is 18.7. The molecule has 204 valence electrons. The van der Waals surface area contributed by atoms with Crippen molar-refractivity contribution in [2.75, 3.05) is 19.7 Å². The maximum Gasteiger partial charge on any atom is 0.573 e. The van der Waals surface area contributed by atoms with E-state index >= 15 is 0 Å². The van der Waals surface area contributed by atoms with E-state index in [4.69, 9.17) is 9.84 Å². The maximum absolute atomic E-state index is 12.5. The third-order valence-corrected chi connectivity index (χ3v) is 5.95. The van der Waals surface area contributed by atoms with Gasteiger partial charge >= 0.3 is 12.3 Å². The van der Waals surface area contributed by atoms with Crippen LogP contribution in [0.15, 0.2) is 83.9 Å². The topological polar surface area (TPSA) is 100 Å². The van der Waals surface area contributed by atoms with E-state index in [1.807, 2.05) is 47.4 Å². The number of alkyl halides is 3. The molecule has 1 saturated heterocycles. The number of ether oxygens (including phenoxy) is 2. The molecule has 1 aliphatic rings. The molecule has 8 nitrogen and oxygen atoms in total. The van der Waals surface area contributed by atoms with Crippen LogP contribution in [-0.2, 0) is 16.0 Å². The summed E-state index contributed by atoms with van der Waals surface area (Å²) in [5.74, 6) is -1.71. The fourth-order valence-corrected chi connectivity index (χ4v) is 4.05. The summed E-state index contributed by atoms with van der Waals surface area (Å²) >= 11 is 0. The molecule has 39 heavy (non-hydrogen) atoms. The van der Waals surface area contributed by atoms with Crippen molar-refractivity contribution in [3.8, 4) is 5.75 Å². The Hall–Kier alpha value is -4.54. The van der Waals surface area contributed by atoms with Gasteiger partial charge in [0.2, 0.25) is 0 Å². The summed E-state index contributed by atoms with van der Waals surface area (Å²) in [6.45, 7) is 0.871. The first kappa shape index (κ1) is 27.5. The molecule has 2 N–H and O–H groups in total. The molecule has 0 saturated carbocycles. The number of carbonyl (C=O) groups excluding carboxylic acids is 1. The molecule has 0 aliphatic carbocycles. The molecule has 1 aliphatic heterocycles. The summed E-state index contributed by atoms with van der Waals surface area (Å²) in [5.41, 5.74) is 2.79. The van der Waals surface area contributed by atoms with Gasteiger partial charge in [-0.2, -0.15) is 4.99 Å². The Morgan fingerprint density at radius 3 is 2.36 bits per heavy atom. The average Bonchev–Trinajstić information content (AvgIpc) is 3.30. The van der Waals surface area contributed by atoms with Gasteiger partial charge in [-0.15, -0.1) is 13.2 Å². The Bertz CT molecular complexity index is 1300. The van der Waals surface area contributed by atoms with E-state index in [9.17, 15) is 22.8 Å². The van der Waals surface area contributed by atoms with Crippen LogP contribution in [0.4, 0.5) is 18.9 Å². The molecule has 0 spiro atoms. The molecule has 1 atom stereocenters. The first-order valence-corrected chi connectivity index (χ1v) is 12.2. The van der Waals surface area contributed by atoms with Gasteiger partial charge in [-0.3, -0.25) is 9.59 Å². The number of amides is 1. The predicted molar refractivity (Wildman–Crippen MR) is 137 cm³/mol. The van der Waals surface area contributed by atoms with E-state index in [1.54, 1.807) is 12.1 Å². The molecule has 3 aromatic carbocycles. The normalized spacial score (nSPS) is 16.1. The molecular weight excluding hydrogens is 515 g/mol. The maximum atomic E-state index is 12.5. The number of carbonyl (C=O) groups is 2. The number of carboxylic acid groups (broad SMARTS) is 1. The number of rotatable bonds is 10. The number of hydrogen-bond donors (Lipinski definition) is 2. The SMILES string of the molecule is O=C(O)CCNC(=O)c1ccc(C2CO/C(=N\c3ccc(OC(F)(F)F)cc3)N2CCc2ccccc2)cc1. The molecule has 3 aromatic rings. The van der Waals surface area contributed by atoms with Gasteiger partial charge in [0.15, 0.2) is 0 Å². The van der Waals surface area contributed by atoms with Crippen molar-refractivity contribution in [2.24, 2.45) is 4.99 Å². The lowest BCUT2D eigenvalue weighted by atomic mass is 10.0. The van der Waals surface area contributed by atoms with Gasteiger partial charge < -0.3 is 24.8 Å². The lowest BCUT2D eigenvalue weighted by Crippen LogP contribution is -2.31. The molecule has 0 bridgehead atoms. The Balaban J connectivity index is 1.52. The molecule has 0 aromatic heterocycles. The highest BCUT2D eigenvalue weighted by Crippen LogP contribution is 2.31. The van der Waals surface area contributed by atoms with Crippen LogP contribution in [0, 0.1) is 0 Å². The zero-order valence-electron chi connectivity index (χ0n) is 20.7. The van der Waals surface area contributed by atoms with Gasteiger partial charge in [0, 0.05) is 18.7 Å². The van der Waals surface area contributed by atoms with Crippen LogP contribution in [0.5, 0.6) is 5.75 Å². The molecular formula is C28H26F3N3O5. The van der Waals surface area contributed by atoms with Crippen LogP contribution >= 0.6 is 0 Å². The second-order valence-corrected chi connectivity index (χ2v) is 8.71. The number of hydrogen-bond acceptors (Lipinski definition) is 5. The fourth-order valence-electron chi connectivity index (χ4n) is 4.05. The van der Waals surface area contributed by atoms with Crippen LogP contribution in [-0.4, -0.2) is 54.0 Å². The molecule has 0 radical (unpaired) electrons. The van der Waals surface area contributed by atoms with Gasteiger partial charge in [-0.05, 0) is 53.9 Å². The van der Waals surface area contributed by atoms with Gasteiger partial charge in [-0.1, -0.05) is 42.5 Å². The van der Waals surface area contributed by atoms with Crippen molar-refractivity contribution in [1.82, 2.24) is 10.2 Å². The smallest absolute Gasteiger partial charge is 0.481 e. The predicted octanol–water partition coefficient (Wildman–Crippen LogP) is 5.09. The highest BCUT2D eigenvalue weighted by atomic mass is 19.4. The van der Waals surface area contributed by atoms with E-state index < -0.39 is 12.3 Å². The number of nitrogens with one attached hydrogen (secondary N) is 1. The highest BCUT2D eigenvalue weighted by molar-refractivity contribution is 5.94. The summed E-state index contributed by atoms with van der Waals surface area (Å²) in [6, 6.07) is 22.1. The van der Waals surface area contributed by atoms with Crippen molar-refractivity contribution in [3.05, 3.63) is 95.6 Å². The van der Waals surface area contributed by atoms with E-state index in [0.29, 0.717) is 30.2 Å². The van der Waals surface area contributed by atoms with Crippen molar-refractivity contribution in [2.45, 2.75) is 25.2 Å². The van der Waals surface area contributed by atoms with E-state index in [0.717, 1.165) is 11.1 Å². The lowest BCUT2D eigenvalue weighted by Gasteiger charge is -2.24. The fraction of sp³-hybridized carbons (Fsp3) is 0.250. The molecule has 1 heterocycles. The summed E-state index contributed by atoms with van der Waals surface area (Å²) in [7, 11) is 0. The number of halogens is 3. The van der Waals surface area contributed by atoms with Crippen LogP contribution in [0.1, 0.15) is 33.9 Å². The number of aliphatic imine (C=N–C) groups is 1. The molecule has 1 amide bonds. The first-order valence-electron chi connectivity index (χ1n) is 12.2. The van der Waals surface area contributed by atoms with Gasteiger partial charge in [0.25, 0.3) is 11.9 Å². The van der Waals surface area contributed by atoms with Crippen LogP contribution in [0.3, 0.4) is 0 Å². The van der Waals surface area contributed by atoms with E-state index in [-0.39, 0.29) is 37.3 Å². The summed E-state index contributed by atoms with van der Waals surface area (Å²) in [5, 5.41) is 11.3. The molecule has 1 fully saturated rings. The number of amidine groups is 1. The average molecular weight is 542 g/mol. The highest BCUT2D eigenvalue weighted by Gasteiger charge is 2.33. The summed E-state index contributed by atoms with van der Waals surface area (Å²) < 4.78 is 47.3.